The van der Waals surface area contributed by atoms with E-state index < -0.39 is 0 Å². The third-order valence-corrected chi connectivity index (χ3v) is 2.86. The molecule has 1 aromatic carbocycles. The Hall–Kier alpha value is -1.42. The van der Waals surface area contributed by atoms with Crippen LogP contribution in [0.2, 0.25) is 0 Å². The summed E-state index contributed by atoms with van der Waals surface area (Å²) in [5.74, 6) is 0.106. The van der Waals surface area contributed by atoms with Crippen LogP contribution in [0, 0.1) is 11.7 Å². The van der Waals surface area contributed by atoms with Crippen LogP contribution in [0.15, 0.2) is 18.2 Å². The molecule has 0 amide bonds. The van der Waals surface area contributed by atoms with Gasteiger partial charge < -0.3 is 9.80 Å². The summed E-state index contributed by atoms with van der Waals surface area (Å²) in [5.41, 5.74) is 1.23. The Morgan fingerprint density at radius 1 is 1.26 bits per heavy atom. The number of hydrogen-bond donors (Lipinski definition) is 0. The molecular formula is C15H23FN2O. The lowest BCUT2D eigenvalue weighted by Crippen LogP contribution is -2.35. The summed E-state index contributed by atoms with van der Waals surface area (Å²) < 4.78 is 13.2. The molecule has 0 aliphatic carbocycles. The second-order valence-corrected chi connectivity index (χ2v) is 5.46. The zero-order valence-electron chi connectivity index (χ0n) is 12.2. The first-order valence-corrected chi connectivity index (χ1v) is 6.58. The number of likely N-dealkylation sites (N-methyl/N-ethyl adjacent to an activating group) is 1. The van der Waals surface area contributed by atoms with Gasteiger partial charge in [-0.05, 0) is 38.2 Å². The molecule has 0 spiro atoms. The van der Waals surface area contributed by atoms with Gasteiger partial charge in [-0.1, -0.05) is 13.8 Å². The monoisotopic (exact) mass is 266 g/mol. The summed E-state index contributed by atoms with van der Waals surface area (Å²) in [6, 6.07) is 4.40. The smallest absolute Gasteiger partial charge is 0.152 e. The van der Waals surface area contributed by atoms with Gasteiger partial charge in [-0.15, -0.1) is 0 Å². The third kappa shape index (κ3) is 4.99. The lowest BCUT2D eigenvalue weighted by molar-refractivity contribution is 0.112. The number of nitrogens with zero attached hydrogens (tertiary/aromatic N) is 2. The van der Waals surface area contributed by atoms with Gasteiger partial charge in [-0.25, -0.2) is 4.39 Å². The van der Waals surface area contributed by atoms with Crippen LogP contribution in [-0.4, -0.2) is 44.9 Å². The third-order valence-electron chi connectivity index (χ3n) is 2.86. The largest absolute Gasteiger partial charge is 0.369 e. The topological polar surface area (TPSA) is 23.6 Å². The summed E-state index contributed by atoms with van der Waals surface area (Å²) >= 11 is 0. The maximum absolute atomic E-state index is 13.2. The fraction of sp³-hybridized carbons (Fsp3) is 0.533. The molecule has 0 aliphatic heterocycles. The lowest BCUT2D eigenvalue weighted by Gasteiger charge is -2.29. The van der Waals surface area contributed by atoms with E-state index in [-0.39, 0.29) is 5.82 Å². The van der Waals surface area contributed by atoms with Gasteiger partial charge in [0.05, 0.1) is 0 Å². The minimum atomic E-state index is -0.372. The summed E-state index contributed by atoms with van der Waals surface area (Å²) in [7, 11) is 4.03. The number of halogens is 1. The maximum atomic E-state index is 13.2. The second-order valence-electron chi connectivity index (χ2n) is 5.46. The fourth-order valence-electron chi connectivity index (χ4n) is 1.98. The predicted molar refractivity (Wildman–Crippen MR) is 77.4 cm³/mol. The highest BCUT2D eigenvalue weighted by molar-refractivity contribution is 5.84. The molecule has 0 heterocycles. The van der Waals surface area contributed by atoms with Crippen molar-refractivity contribution < 1.29 is 9.18 Å². The van der Waals surface area contributed by atoms with E-state index in [9.17, 15) is 9.18 Å². The molecule has 0 N–H and O–H groups in total. The zero-order chi connectivity index (χ0) is 14.4. The van der Waals surface area contributed by atoms with Gasteiger partial charge in [0, 0.05) is 30.9 Å². The SMILES string of the molecule is CC(C)CN(CCN(C)C)c1ccc(F)cc1C=O. The summed E-state index contributed by atoms with van der Waals surface area (Å²) in [6.07, 6.45) is 0.724. The molecule has 19 heavy (non-hydrogen) atoms. The van der Waals surface area contributed by atoms with Gasteiger partial charge in [-0.2, -0.15) is 0 Å². The van der Waals surface area contributed by atoms with Gasteiger partial charge >= 0.3 is 0 Å². The average Bonchev–Trinajstić information content (AvgIpc) is 2.33. The van der Waals surface area contributed by atoms with E-state index in [1.807, 2.05) is 14.1 Å². The van der Waals surface area contributed by atoms with Gasteiger partial charge in [-0.3, -0.25) is 4.79 Å². The van der Waals surface area contributed by atoms with Crippen molar-refractivity contribution in [1.82, 2.24) is 4.90 Å². The molecule has 0 fully saturated rings. The van der Waals surface area contributed by atoms with Crippen LogP contribution < -0.4 is 4.90 Å². The number of carbonyl (C=O) groups is 1. The minimum Gasteiger partial charge on any atom is -0.369 e. The van der Waals surface area contributed by atoms with E-state index in [0.29, 0.717) is 11.5 Å². The highest BCUT2D eigenvalue weighted by Crippen LogP contribution is 2.21. The molecule has 0 radical (unpaired) electrons. The highest BCUT2D eigenvalue weighted by atomic mass is 19.1. The first kappa shape index (κ1) is 15.6. The van der Waals surface area contributed by atoms with Crippen LogP contribution in [-0.2, 0) is 0 Å². The number of rotatable bonds is 7. The zero-order valence-corrected chi connectivity index (χ0v) is 12.2. The van der Waals surface area contributed by atoms with Gasteiger partial charge in [0.1, 0.15) is 5.82 Å². The number of benzene rings is 1. The first-order valence-electron chi connectivity index (χ1n) is 6.58. The quantitative estimate of drug-likeness (QED) is 0.709. The Balaban J connectivity index is 2.98. The van der Waals surface area contributed by atoms with Crippen LogP contribution in [0.25, 0.3) is 0 Å². The van der Waals surface area contributed by atoms with E-state index in [1.54, 1.807) is 6.07 Å². The van der Waals surface area contributed by atoms with Crippen molar-refractivity contribution in [3.8, 4) is 0 Å². The Morgan fingerprint density at radius 2 is 1.95 bits per heavy atom. The molecule has 1 aromatic rings. The van der Waals surface area contributed by atoms with Crippen molar-refractivity contribution >= 4 is 12.0 Å². The second kappa shape index (κ2) is 7.24. The van der Waals surface area contributed by atoms with Crippen molar-refractivity contribution in [3.05, 3.63) is 29.6 Å². The first-order chi connectivity index (χ1) is 8.93. The molecule has 4 heteroatoms. The number of carbonyl (C=O) groups excluding carboxylic acids is 1. The van der Waals surface area contributed by atoms with Crippen molar-refractivity contribution in [2.45, 2.75) is 13.8 Å². The van der Waals surface area contributed by atoms with E-state index in [1.165, 1.54) is 12.1 Å². The molecule has 0 atom stereocenters. The van der Waals surface area contributed by atoms with E-state index >= 15 is 0 Å². The average molecular weight is 266 g/mol. The molecule has 3 nitrogen and oxygen atoms in total. The summed E-state index contributed by atoms with van der Waals surface area (Å²) in [4.78, 5) is 15.3. The van der Waals surface area contributed by atoms with Crippen molar-refractivity contribution in [3.63, 3.8) is 0 Å². The Kier molecular flexibility index (Phi) is 5.96. The van der Waals surface area contributed by atoms with E-state index in [2.05, 4.69) is 23.6 Å². The van der Waals surface area contributed by atoms with Crippen LogP contribution in [0.4, 0.5) is 10.1 Å². The molecule has 0 saturated heterocycles. The van der Waals surface area contributed by atoms with Crippen molar-refractivity contribution in [2.75, 3.05) is 38.6 Å². The fourth-order valence-corrected chi connectivity index (χ4v) is 1.98. The standard InChI is InChI=1S/C15H23FN2O/c1-12(2)10-18(8-7-17(3)4)15-6-5-14(16)9-13(15)11-19/h5-6,9,11-12H,7-8,10H2,1-4H3. The van der Waals surface area contributed by atoms with Gasteiger partial charge in [0.15, 0.2) is 6.29 Å². The minimum absolute atomic E-state index is 0.372. The van der Waals surface area contributed by atoms with Crippen LogP contribution in [0.3, 0.4) is 0 Å². The normalized spacial score (nSPS) is 11.1. The van der Waals surface area contributed by atoms with Gasteiger partial charge in [0.25, 0.3) is 0 Å². The summed E-state index contributed by atoms with van der Waals surface area (Å²) in [5, 5.41) is 0. The molecule has 0 aliphatic rings. The van der Waals surface area contributed by atoms with Crippen LogP contribution in [0.5, 0.6) is 0 Å². The van der Waals surface area contributed by atoms with E-state index in [0.717, 1.165) is 31.6 Å². The number of hydrogen-bond acceptors (Lipinski definition) is 3. The van der Waals surface area contributed by atoms with Crippen molar-refractivity contribution in [1.29, 1.82) is 0 Å². The Labute approximate surface area is 115 Å². The summed E-state index contributed by atoms with van der Waals surface area (Å²) in [6.45, 7) is 6.82. The van der Waals surface area contributed by atoms with Crippen LogP contribution in [0.1, 0.15) is 24.2 Å². The molecular weight excluding hydrogens is 243 g/mol. The van der Waals surface area contributed by atoms with Crippen molar-refractivity contribution in [2.24, 2.45) is 5.92 Å². The number of aldehydes is 1. The molecule has 1 rings (SSSR count). The lowest BCUT2D eigenvalue weighted by atomic mass is 10.1. The highest BCUT2D eigenvalue weighted by Gasteiger charge is 2.13. The maximum Gasteiger partial charge on any atom is 0.152 e. The molecule has 0 aromatic heterocycles. The van der Waals surface area contributed by atoms with Crippen LogP contribution >= 0.6 is 0 Å². The molecule has 106 valence electrons. The molecule has 0 saturated carbocycles. The van der Waals surface area contributed by atoms with E-state index in [4.69, 9.17) is 0 Å². The molecule has 0 unspecified atom stereocenters. The Bertz CT molecular complexity index is 419. The Morgan fingerprint density at radius 3 is 2.47 bits per heavy atom. The predicted octanol–water partition coefficient (Wildman–Crippen LogP) is 2.66. The molecule has 0 bridgehead atoms. The van der Waals surface area contributed by atoms with Gasteiger partial charge in [0.2, 0.25) is 0 Å². The number of anilines is 1.